The summed E-state index contributed by atoms with van der Waals surface area (Å²) in [4.78, 5) is 24.1. The number of nitrogens with zero attached hydrogens (tertiary/aromatic N) is 1. The number of sulfonamides is 1. The van der Waals surface area contributed by atoms with E-state index in [0.717, 1.165) is 24.1 Å². The summed E-state index contributed by atoms with van der Waals surface area (Å²) in [5, 5.41) is 2.78. The molecule has 2 aliphatic heterocycles. The van der Waals surface area contributed by atoms with E-state index in [0.29, 0.717) is 37.6 Å². The van der Waals surface area contributed by atoms with Gasteiger partial charge in [-0.2, -0.15) is 4.31 Å². The van der Waals surface area contributed by atoms with Crippen molar-refractivity contribution in [3.05, 3.63) is 53.6 Å². The molecule has 2 heterocycles. The fourth-order valence-electron chi connectivity index (χ4n) is 3.73. The second-order valence-electron chi connectivity index (χ2n) is 7.87. The molecule has 1 fully saturated rings. The van der Waals surface area contributed by atoms with Gasteiger partial charge < -0.3 is 10.1 Å². The molecule has 158 valence electrons. The van der Waals surface area contributed by atoms with Crippen molar-refractivity contribution in [2.24, 2.45) is 5.92 Å². The molecule has 0 aliphatic carbocycles. The molecule has 0 radical (unpaired) electrons. The predicted molar refractivity (Wildman–Crippen MR) is 112 cm³/mol. The van der Waals surface area contributed by atoms with Crippen molar-refractivity contribution in [3.8, 4) is 5.75 Å². The molecule has 0 spiro atoms. The number of hydrogen-bond acceptors (Lipinski definition) is 5. The van der Waals surface area contributed by atoms with Gasteiger partial charge in [0.2, 0.25) is 15.9 Å². The lowest BCUT2D eigenvalue weighted by Gasteiger charge is -2.29. The van der Waals surface area contributed by atoms with E-state index in [4.69, 9.17) is 4.74 Å². The van der Waals surface area contributed by atoms with Gasteiger partial charge in [-0.1, -0.05) is 6.92 Å². The minimum atomic E-state index is -3.55. The number of hydrogen-bond donors (Lipinski definition) is 1. The molecular formula is C22H24N2O5S. The fourth-order valence-corrected chi connectivity index (χ4v) is 5.20. The predicted octanol–water partition coefficient (Wildman–Crippen LogP) is 3.21. The molecule has 8 heteroatoms. The van der Waals surface area contributed by atoms with Gasteiger partial charge in [0, 0.05) is 25.2 Å². The van der Waals surface area contributed by atoms with Crippen LogP contribution >= 0.6 is 0 Å². The molecule has 7 nitrogen and oxygen atoms in total. The van der Waals surface area contributed by atoms with E-state index in [1.54, 1.807) is 18.2 Å². The van der Waals surface area contributed by atoms with Crippen LogP contribution in [0.1, 0.15) is 42.1 Å². The fraction of sp³-hybridized carbons (Fsp3) is 0.364. The summed E-state index contributed by atoms with van der Waals surface area (Å²) < 4.78 is 32.6. The third-order valence-electron chi connectivity index (χ3n) is 5.65. The van der Waals surface area contributed by atoms with Gasteiger partial charge in [-0.15, -0.1) is 0 Å². The van der Waals surface area contributed by atoms with Crippen LogP contribution in [0.15, 0.2) is 47.4 Å². The number of benzene rings is 2. The van der Waals surface area contributed by atoms with Gasteiger partial charge in [-0.3, -0.25) is 4.79 Å². The summed E-state index contributed by atoms with van der Waals surface area (Å²) in [6.07, 6.45) is 2.70. The summed E-state index contributed by atoms with van der Waals surface area (Å²) in [6, 6.07) is 10.9. The van der Waals surface area contributed by atoms with Gasteiger partial charge in [0.25, 0.3) is 0 Å². The van der Waals surface area contributed by atoms with Crippen molar-refractivity contribution in [2.75, 3.05) is 18.4 Å². The normalized spacial score (nSPS) is 17.8. The van der Waals surface area contributed by atoms with E-state index in [2.05, 4.69) is 12.2 Å². The monoisotopic (exact) mass is 428 g/mol. The van der Waals surface area contributed by atoms with Crippen molar-refractivity contribution < 1.29 is 22.7 Å². The summed E-state index contributed by atoms with van der Waals surface area (Å²) >= 11 is 0. The van der Waals surface area contributed by atoms with E-state index < -0.39 is 16.0 Å². The number of carbonyl (C=O) groups is 2. The number of rotatable bonds is 4. The first kappa shape index (κ1) is 20.6. The van der Waals surface area contributed by atoms with E-state index in [1.165, 1.54) is 28.6 Å². The van der Waals surface area contributed by atoms with Crippen molar-refractivity contribution >= 4 is 27.6 Å². The van der Waals surface area contributed by atoms with Crippen molar-refractivity contribution in [2.45, 2.75) is 37.5 Å². The first-order valence-corrected chi connectivity index (χ1v) is 11.5. The van der Waals surface area contributed by atoms with Crippen LogP contribution in [-0.2, 0) is 21.2 Å². The van der Waals surface area contributed by atoms with Crippen molar-refractivity contribution in [1.29, 1.82) is 0 Å². The zero-order chi connectivity index (χ0) is 21.3. The van der Waals surface area contributed by atoms with E-state index in [9.17, 15) is 18.0 Å². The van der Waals surface area contributed by atoms with Gasteiger partial charge in [0.05, 0.1) is 10.5 Å². The standard InChI is InChI=1S/C22H24N2O5S/c1-15-10-12-24(13-11-15)30(27,28)19-6-2-16(3-7-19)22(26)29-18-5-8-20-17(14-18)4-9-21(25)23-20/h2-3,5-8,14-15H,4,9-13H2,1H3,(H,23,25). The Morgan fingerprint density at radius 2 is 1.77 bits per heavy atom. The molecule has 30 heavy (non-hydrogen) atoms. The number of amides is 1. The molecule has 1 N–H and O–H groups in total. The second-order valence-corrected chi connectivity index (χ2v) is 9.81. The molecule has 1 saturated heterocycles. The van der Waals surface area contributed by atoms with E-state index in [-0.39, 0.29) is 16.4 Å². The Hall–Kier alpha value is -2.71. The number of anilines is 1. The van der Waals surface area contributed by atoms with E-state index in [1.807, 2.05) is 0 Å². The molecule has 0 unspecified atom stereocenters. The maximum absolute atomic E-state index is 12.8. The van der Waals surface area contributed by atoms with Gasteiger partial charge >= 0.3 is 5.97 Å². The summed E-state index contributed by atoms with van der Waals surface area (Å²) in [5.74, 6) is 0.328. The number of ether oxygens (including phenoxy) is 1. The summed E-state index contributed by atoms with van der Waals surface area (Å²) in [6.45, 7) is 3.17. The average molecular weight is 429 g/mol. The molecule has 0 atom stereocenters. The smallest absolute Gasteiger partial charge is 0.343 e. The second kappa shape index (κ2) is 8.20. The first-order valence-electron chi connectivity index (χ1n) is 10.1. The number of fused-ring (bicyclic) bond motifs is 1. The highest BCUT2D eigenvalue weighted by atomic mass is 32.2. The molecular weight excluding hydrogens is 404 g/mol. The Morgan fingerprint density at radius 1 is 1.07 bits per heavy atom. The molecule has 2 aromatic carbocycles. The number of nitrogens with one attached hydrogen (secondary N) is 1. The van der Waals surface area contributed by atoms with Crippen LogP contribution in [0.4, 0.5) is 5.69 Å². The lowest BCUT2D eigenvalue weighted by Crippen LogP contribution is -2.37. The molecule has 2 aromatic rings. The molecule has 0 aromatic heterocycles. The quantitative estimate of drug-likeness (QED) is 0.596. The minimum Gasteiger partial charge on any atom is -0.423 e. The highest BCUT2D eigenvalue weighted by molar-refractivity contribution is 7.89. The van der Waals surface area contributed by atoms with Crippen LogP contribution in [0.3, 0.4) is 0 Å². The molecule has 0 bridgehead atoms. The summed E-state index contributed by atoms with van der Waals surface area (Å²) in [7, 11) is -3.55. The third kappa shape index (κ3) is 4.24. The molecule has 0 saturated carbocycles. The Morgan fingerprint density at radius 3 is 2.47 bits per heavy atom. The molecule has 1 amide bonds. The topological polar surface area (TPSA) is 92.8 Å². The lowest BCUT2D eigenvalue weighted by molar-refractivity contribution is -0.116. The zero-order valence-electron chi connectivity index (χ0n) is 16.8. The molecule has 2 aliphatic rings. The van der Waals surface area contributed by atoms with Gasteiger partial charge in [0.15, 0.2) is 0 Å². The van der Waals surface area contributed by atoms with Crippen LogP contribution in [-0.4, -0.2) is 37.7 Å². The average Bonchev–Trinajstić information content (AvgIpc) is 2.74. The van der Waals surface area contributed by atoms with E-state index >= 15 is 0 Å². The van der Waals surface area contributed by atoms with Crippen LogP contribution < -0.4 is 10.1 Å². The number of carbonyl (C=O) groups excluding carboxylic acids is 2. The molecule has 4 rings (SSSR count). The van der Waals surface area contributed by atoms with Crippen LogP contribution in [0.25, 0.3) is 0 Å². The van der Waals surface area contributed by atoms with Crippen LogP contribution in [0.2, 0.25) is 0 Å². The van der Waals surface area contributed by atoms with Crippen molar-refractivity contribution in [3.63, 3.8) is 0 Å². The highest BCUT2D eigenvalue weighted by Gasteiger charge is 2.28. The Balaban J connectivity index is 1.45. The Bertz CT molecular complexity index is 1070. The summed E-state index contributed by atoms with van der Waals surface area (Å²) in [5.41, 5.74) is 1.91. The largest absolute Gasteiger partial charge is 0.423 e. The zero-order valence-corrected chi connectivity index (χ0v) is 17.6. The Kier molecular flexibility index (Phi) is 5.62. The van der Waals surface area contributed by atoms with Gasteiger partial charge in [-0.25, -0.2) is 13.2 Å². The number of piperidine rings is 1. The lowest BCUT2D eigenvalue weighted by atomic mass is 10.0. The Labute approximate surface area is 176 Å². The van der Waals surface area contributed by atoms with Crippen LogP contribution in [0, 0.1) is 5.92 Å². The maximum Gasteiger partial charge on any atom is 0.343 e. The SMILES string of the molecule is CC1CCN(S(=O)(=O)c2ccc(C(=O)Oc3ccc4c(c3)CCC(=O)N4)cc2)CC1. The number of esters is 1. The number of aryl methyl sites for hydroxylation is 1. The minimum absolute atomic E-state index is 0.0265. The maximum atomic E-state index is 12.8. The van der Waals surface area contributed by atoms with Gasteiger partial charge in [-0.05, 0) is 73.2 Å². The van der Waals surface area contributed by atoms with Crippen LogP contribution in [0.5, 0.6) is 5.75 Å². The van der Waals surface area contributed by atoms with Crippen molar-refractivity contribution in [1.82, 2.24) is 4.31 Å². The van der Waals surface area contributed by atoms with Gasteiger partial charge in [0.1, 0.15) is 5.75 Å². The highest BCUT2D eigenvalue weighted by Crippen LogP contribution is 2.28. The first-order chi connectivity index (χ1) is 14.3. The third-order valence-corrected chi connectivity index (χ3v) is 7.57.